The number of hydrogen-bond acceptors (Lipinski definition) is 11. The van der Waals surface area contributed by atoms with Gasteiger partial charge in [0.2, 0.25) is 5.95 Å². The number of aliphatic hydroxyl groups excluding tert-OH is 1. The number of aromatic amines is 2. The number of nitrogens with two attached hydrogens (primary N) is 1. The number of unbranched alkanes of at least 4 members (excludes halogenated alkanes) is 2. The molecule has 0 amide bonds. The van der Waals surface area contributed by atoms with Crippen molar-refractivity contribution in [2.75, 3.05) is 18.2 Å². The fraction of sp³-hybridized carbons (Fsp3) is 0.545. The summed E-state index contributed by atoms with van der Waals surface area (Å²) in [7, 11) is 0. The molecule has 254 valence electrons. The number of hydrogen-bond donors (Lipinski definition) is 4. The van der Waals surface area contributed by atoms with Crippen LogP contribution in [-0.4, -0.2) is 62.6 Å². The van der Waals surface area contributed by atoms with E-state index in [4.69, 9.17) is 15.7 Å². The molecule has 1 aliphatic rings. The molecule has 1 fully saturated rings. The molecule has 0 unspecified atom stereocenters. The van der Waals surface area contributed by atoms with Gasteiger partial charge in [0.25, 0.3) is 11.1 Å². The molecule has 0 saturated heterocycles. The highest BCUT2D eigenvalue weighted by Gasteiger charge is 2.24. The zero-order valence-corrected chi connectivity index (χ0v) is 29.6. The number of aliphatic imine (C=N–C) groups is 2. The first-order valence-corrected chi connectivity index (χ1v) is 17.9. The Bertz CT molecular complexity index is 1760. The van der Waals surface area contributed by atoms with Crippen LogP contribution in [-0.2, 0) is 0 Å². The lowest BCUT2D eigenvalue weighted by Gasteiger charge is -2.25. The van der Waals surface area contributed by atoms with Gasteiger partial charge in [-0.2, -0.15) is 4.98 Å². The van der Waals surface area contributed by atoms with Crippen LogP contribution in [0, 0.1) is 19.8 Å². The Balaban J connectivity index is 1.42. The second kappa shape index (κ2) is 17.1. The molecule has 1 saturated carbocycles. The third-order valence-electron chi connectivity index (χ3n) is 7.80. The number of aliphatic hydroxyl groups is 1. The topological polar surface area (TPSA) is 180 Å². The molecule has 5 N–H and O–H groups in total. The Morgan fingerprint density at radius 1 is 1.11 bits per heavy atom. The first-order valence-electron chi connectivity index (χ1n) is 16.1. The van der Waals surface area contributed by atoms with E-state index >= 15 is 0 Å². The van der Waals surface area contributed by atoms with Crippen molar-refractivity contribution in [2.45, 2.75) is 102 Å². The lowest BCUT2D eigenvalue weighted by atomic mass is 9.83. The number of H-pyrrole nitrogens is 2. The van der Waals surface area contributed by atoms with E-state index < -0.39 is 5.56 Å². The van der Waals surface area contributed by atoms with Crippen LogP contribution in [0.25, 0.3) is 17.4 Å². The summed E-state index contributed by atoms with van der Waals surface area (Å²) in [6.07, 6.45) is 17.7. The molecule has 0 radical (unpaired) electrons. The highest BCUT2D eigenvalue weighted by Crippen LogP contribution is 2.34. The predicted octanol–water partition coefficient (Wildman–Crippen LogP) is 6.31. The van der Waals surface area contributed by atoms with Gasteiger partial charge in [-0.15, -0.1) is 11.8 Å². The van der Waals surface area contributed by atoms with Crippen LogP contribution in [0.15, 0.2) is 43.0 Å². The predicted molar refractivity (Wildman–Crippen MR) is 196 cm³/mol. The number of nitrogen functional groups attached to an aromatic ring is 1. The zero-order valence-electron chi connectivity index (χ0n) is 28.0. The molecule has 0 atom stereocenters. The summed E-state index contributed by atoms with van der Waals surface area (Å²) in [5.74, 6) is 1.82. The highest BCUT2D eigenvalue weighted by atomic mass is 32.2. The van der Waals surface area contributed by atoms with Crippen molar-refractivity contribution in [2.24, 2.45) is 15.9 Å². The minimum absolute atomic E-state index is 0.0106. The fourth-order valence-corrected chi connectivity index (χ4v) is 7.52. The second-order valence-electron chi connectivity index (χ2n) is 12.5. The number of rotatable bonds is 16. The van der Waals surface area contributed by atoms with Crippen molar-refractivity contribution in [3.63, 3.8) is 0 Å². The molecule has 0 spiro atoms. The van der Waals surface area contributed by atoms with Crippen LogP contribution in [0.4, 0.5) is 11.6 Å². The lowest BCUT2D eigenvalue weighted by molar-refractivity contribution is 0.319. The number of allylic oxidation sites excluding steroid dienone is 2. The molecule has 3 heterocycles. The highest BCUT2D eigenvalue weighted by molar-refractivity contribution is 8.15. The molecular weight excluding hydrogens is 635 g/mol. The molecular formula is C33H47N9O3S2. The van der Waals surface area contributed by atoms with Crippen LogP contribution in [0.2, 0.25) is 0 Å². The fourth-order valence-electron chi connectivity index (χ4n) is 5.38. The van der Waals surface area contributed by atoms with Crippen molar-refractivity contribution in [1.82, 2.24) is 29.5 Å². The van der Waals surface area contributed by atoms with Gasteiger partial charge < -0.3 is 15.8 Å². The molecule has 47 heavy (non-hydrogen) atoms. The molecule has 12 nitrogen and oxygen atoms in total. The number of aromatic nitrogens is 6. The van der Waals surface area contributed by atoms with E-state index in [0.29, 0.717) is 40.3 Å². The first-order chi connectivity index (χ1) is 22.5. The Kier molecular flexibility index (Phi) is 13.2. The van der Waals surface area contributed by atoms with Crippen LogP contribution in [0.1, 0.15) is 90.1 Å². The third kappa shape index (κ3) is 10.8. The number of thioether (sulfide) groups is 2. The molecule has 1 aliphatic carbocycles. The molecule has 0 aromatic carbocycles. The summed E-state index contributed by atoms with van der Waals surface area (Å²) in [6.45, 7) is 9.74. The monoisotopic (exact) mass is 681 g/mol. The third-order valence-corrected chi connectivity index (χ3v) is 9.83. The van der Waals surface area contributed by atoms with Gasteiger partial charge in [0.15, 0.2) is 22.0 Å². The van der Waals surface area contributed by atoms with Gasteiger partial charge in [-0.25, -0.2) is 15.0 Å². The minimum Gasteiger partial charge on any atom is -0.392 e. The normalized spacial score (nSPS) is 15.0. The quantitative estimate of drug-likeness (QED) is 0.0443. The molecule has 3 aromatic rings. The molecule has 0 aliphatic heterocycles. The summed E-state index contributed by atoms with van der Waals surface area (Å²) in [6, 6.07) is 0. The first kappa shape index (κ1) is 36.3. The van der Waals surface area contributed by atoms with E-state index in [0.717, 1.165) is 42.4 Å². The van der Waals surface area contributed by atoms with Crippen molar-refractivity contribution in [3.8, 4) is 0 Å². The zero-order chi connectivity index (χ0) is 34.0. The second-order valence-corrected chi connectivity index (χ2v) is 15.2. The standard InChI is InChI=1S/C33H47N9O3S2/c1-21(35-20-46-32-39-27-28(42(32)17-12-18-43)40-31(34)41-30(27)45)19-33(4,5)47-25(38-26-22(2)36-23(3)37-29(26)44)16-10-8-6-7-9-13-24-14-11-15-24/h7,9,12,17,24,43H,6,8,10-11,13-16,18-20H2,1-5H3,(H,36,37,44)(H3,34,40,41,45). The number of fused-ring (bicyclic) bond motifs is 1. The summed E-state index contributed by atoms with van der Waals surface area (Å²) in [4.78, 5) is 53.2. The van der Waals surface area contributed by atoms with Crippen molar-refractivity contribution in [3.05, 3.63) is 50.5 Å². The van der Waals surface area contributed by atoms with E-state index in [1.807, 2.05) is 13.8 Å². The van der Waals surface area contributed by atoms with Gasteiger partial charge in [-0.3, -0.25) is 24.1 Å². The van der Waals surface area contributed by atoms with Crippen LogP contribution in [0.5, 0.6) is 0 Å². The van der Waals surface area contributed by atoms with Gasteiger partial charge in [0.1, 0.15) is 5.82 Å². The average Bonchev–Trinajstić information content (AvgIpc) is 3.30. The maximum absolute atomic E-state index is 12.8. The van der Waals surface area contributed by atoms with Crippen molar-refractivity contribution in [1.29, 1.82) is 0 Å². The molecule has 3 aromatic heterocycles. The summed E-state index contributed by atoms with van der Waals surface area (Å²) < 4.78 is 1.38. The number of anilines is 1. The lowest BCUT2D eigenvalue weighted by Crippen LogP contribution is -2.22. The smallest absolute Gasteiger partial charge is 0.280 e. The maximum atomic E-state index is 12.8. The average molecular weight is 682 g/mol. The largest absolute Gasteiger partial charge is 0.392 e. The number of nitrogens with one attached hydrogen (secondary N) is 2. The van der Waals surface area contributed by atoms with E-state index in [1.54, 1.807) is 29.5 Å². The van der Waals surface area contributed by atoms with E-state index in [2.05, 4.69) is 50.9 Å². The summed E-state index contributed by atoms with van der Waals surface area (Å²) in [5.41, 5.74) is 7.51. The van der Waals surface area contributed by atoms with Gasteiger partial charge in [0.05, 0.1) is 23.2 Å². The van der Waals surface area contributed by atoms with Gasteiger partial charge in [0, 0.05) is 16.7 Å². The SMILES string of the molecule is CC(CC(C)(C)SC(CCCCC=CCC1CCC1)=Nc1c(C)nc(C)[nH]c1=O)=NCSc1nc2c(=O)[nH]c(N)nc2n1C=CCO. The minimum atomic E-state index is -0.430. The van der Waals surface area contributed by atoms with Crippen LogP contribution < -0.4 is 16.9 Å². The van der Waals surface area contributed by atoms with Crippen LogP contribution >= 0.6 is 23.5 Å². The molecule has 0 bridgehead atoms. The van der Waals surface area contributed by atoms with E-state index in [-0.39, 0.29) is 28.4 Å². The summed E-state index contributed by atoms with van der Waals surface area (Å²) in [5, 5.41) is 10.7. The summed E-state index contributed by atoms with van der Waals surface area (Å²) >= 11 is 3.03. The van der Waals surface area contributed by atoms with Crippen molar-refractivity contribution < 1.29 is 5.11 Å². The Hall–Kier alpha value is -3.49. The maximum Gasteiger partial charge on any atom is 0.280 e. The Morgan fingerprint density at radius 3 is 2.60 bits per heavy atom. The molecule has 4 rings (SSSR count). The van der Waals surface area contributed by atoms with Gasteiger partial charge >= 0.3 is 0 Å². The van der Waals surface area contributed by atoms with E-state index in [1.165, 1.54) is 43.5 Å². The number of aryl methyl sites for hydroxylation is 2. The number of nitrogens with zero attached hydrogens (tertiary/aromatic N) is 6. The van der Waals surface area contributed by atoms with E-state index in [9.17, 15) is 14.7 Å². The van der Waals surface area contributed by atoms with Crippen LogP contribution in [0.3, 0.4) is 0 Å². The Morgan fingerprint density at radius 2 is 1.89 bits per heavy atom. The van der Waals surface area contributed by atoms with Gasteiger partial charge in [-0.05, 0) is 85.1 Å². The molecule has 14 heteroatoms. The number of imidazole rings is 1. The van der Waals surface area contributed by atoms with Crippen molar-refractivity contribution >= 4 is 63.3 Å². The van der Waals surface area contributed by atoms with Gasteiger partial charge in [-0.1, -0.05) is 43.2 Å². The Labute approximate surface area is 284 Å².